The van der Waals surface area contributed by atoms with Crippen molar-refractivity contribution >= 4 is 33.9 Å². The molecule has 6 nitrogen and oxygen atoms in total. The summed E-state index contributed by atoms with van der Waals surface area (Å²) in [6, 6.07) is 16.4. The Bertz CT molecular complexity index is 1410. The number of fused-ring (bicyclic) bond motifs is 2. The normalized spacial score (nSPS) is 11.4. The Kier molecular flexibility index (Phi) is 3.74. The minimum atomic E-state index is -0.227. The summed E-state index contributed by atoms with van der Waals surface area (Å²) in [5.41, 5.74) is 4.90. The van der Waals surface area contributed by atoms with Crippen molar-refractivity contribution in [1.82, 2.24) is 19.9 Å². The van der Waals surface area contributed by atoms with Crippen molar-refractivity contribution in [2.75, 3.05) is 0 Å². The van der Waals surface area contributed by atoms with Crippen LogP contribution in [0.5, 0.6) is 0 Å². The van der Waals surface area contributed by atoms with Gasteiger partial charge in [-0.3, -0.25) is 4.79 Å². The lowest BCUT2D eigenvalue weighted by Crippen LogP contribution is -2.06. The van der Waals surface area contributed by atoms with E-state index in [9.17, 15) is 4.79 Å². The molecule has 0 saturated carbocycles. The molecule has 0 spiro atoms. The van der Waals surface area contributed by atoms with Crippen LogP contribution < -0.4 is 5.56 Å². The van der Waals surface area contributed by atoms with Crippen LogP contribution >= 0.6 is 11.6 Å². The molecule has 136 valence electrons. The Morgan fingerprint density at radius 1 is 0.929 bits per heavy atom. The van der Waals surface area contributed by atoms with Crippen LogP contribution in [-0.4, -0.2) is 19.9 Å². The highest BCUT2D eigenvalue weighted by Gasteiger charge is 2.17. The summed E-state index contributed by atoms with van der Waals surface area (Å²) in [6.07, 6.45) is 0. The van der Waals surface area contributed by atoms with E-state index in [2.05, 4.69) is 9.97 Å². The van der Waals surface area contributed by atoms with Gasteiger partial charge in [0, 0.05) is 24.1 Å². The quantitative estimate of drug-likeness (QED) is 0.471. The first kappa shape index (κ1) is 16.6. The molecule has 1 N–H and O–H groups in total. The largest absolute Gasteiger partial charge is 0.441 e. The maximum absolute atomic E-state index is 11.7. The molecule has 0 atom stereocenters. The van der Waals surface area contributed by atoms with Crippen LogP contribution in [0.2, 0.25) is 5.02 Å². The number of aromatic nitrogens is 4. The number of halogens is 1. The average Bonchev–Trinajstić information content (AvgIpc) is 3.08. The maximum atomic E-state index is 11.7. The molecule has 0 saturated heterocycles. The number of aryl methyl sites for hydroxylation is 1. The first-order valence-electron chi connectivity index (χ1n) is 8.62. The first-order valence-corrected chi connectivity index (χ1v) is 9.00. The summed E-state index contributed by atoms with van der Waals surface area (Å²) in [4.78, 5) is 28.2. The number of hydrogen-bond donors (Lipinski definition) is 1. The maximum Gasteiger partial charge on any atom is 0.249 e. The molecule has 3 aromatic heterocycles. The number of hydrogen-bond acceptors (Lipinski definition) is 5. The van der Waals surface area contributed by atoms with Crippen molar-refractivity contribution in [2.45, 2.75) is 6.92 Å². The Morgan fingerprint density at radius 3 is 2.54 bits per heavy atom. The van der Waals surface area contributed by atoms with E-state index in [-0.39, 0.29) is 5.56 Å². The molecule has 7 heteroatoms. The van der Waals surface area contributed by atoms with Crippen LogP contribution in [0.3, 0.4) is 0 Å². The van der Waals surface area contributed by atoms with Gasteiger partial charge in [-0.15, -0.1) is 0 Å². The van der Waals surface area contributed by atoms with Gasteiger partial charge in [-0.1, -0.05) is 41.9 Å². The number of nitrogens with one attached hydrogen (secondary N) is 1. The van der Waals surface area contributed by atoms with E-state index in [1.165, 1.54) is 6.07 Å². The third-order valence-electron chi connectivity index (χ3n) is 4.43. The number of aromatic amines is 1. The fourth-order valence-electron chi connectivity index (χ4n) is 3.20. The SMILES string of the molecule is Cc1nc2c(Cl)cc(-c3nc4ccc(=O)[nH]c4nc3-c3ccccc3)cc2o1. The monoisotopic (exact) mass is 388 g/mol. The van der Waals surface area contributed by atoms with Gasteiger partial charge in [-0.2, -0.15) is 0 Å². The van der Waals surface area contributed by atoms with Gasteiger partial charge >= 0.3 is 0 Å². The Labute approximate surface area is 163 Å². The van der Waals surface area contributed by atoms with Crippen LogP contribution in [0.25, 0.3) is 44.8 Å². The fraction of sp³-hybridized carbons (Fsp3) is 0.0476. The van der Waals surface area contributed by atoms with Gasteiger partial charge in [0.15, 0.2) is 17.1 Å². The summed E-state index contributed by atoms with van der Waals surface area (Å²) >= 11 is 6.44. The number of benzene rings is 2. The summed E-state index contributed by atoms with van der Waals surface area (Å²) in [6.45, 7) is 1.78. The molecule has 5 aromatic rings. The number of pyridine rings is 1. The van der Waals surface area contributed by atoms with Crippen LogP contribution in [0.15, 0.2) is 63.8 Å². The fourth-order valence-corrected chi connectivity index (χ4v) is 3.46. The third kappa shape index (κ3) is 2.75. The van der Waals surface area contributed by atoms with Gasteiger partial charge in [-0.25, -0.2) is 15.0 Å². The van der Waals surface area contributed by atoms with Crippen molar-refractivity contribution in [3.05, 3.63) is 75.9 Å². The lowest BCUT2D eigenvalue weighted by molar-refractivity contribution is 0.561. The molecule has 0 aliphatic heterocycles. The minimum absolute atomic E-state index is 0.227. The third-order valence-corrected chi connectivity index (χ3v) is 4.72. The van der Waals surface area contributed by atoms with Crippen LogP contribution in [0.4, 0.5) is 0 Å². The van der Waals surface area contributed by atoms with E-state index < -0.39 is 0 Å². The zero-order valence-corrected chi connectivity index (χ0v) is 15.5. The standard InChI is InChI=1S/C21H13ClN4O2/c1-11-23-20-14(22)9-13(10-16(20)28-11)19-18(12-5-3-2-4-6-12)26-21-15(24-19)7-8-17(27)25-21/h2-10H,1H3,(H,25,26,27). The number of rotatable bonds is 2. The highest BCUT2D eigenvalue weighted by Crippen LogP contribution is 2.35. The second-order valence-electron chi connectivity index (χ2n) is 6.38. The topological polar surface area (TPSA) is 84.7 Å². The number of H-pyrrole nitrogens is 1. The van der Waals surface area contributed by atoms with Crippen LogP contribution in [0, 0.1) is 6.92 Å². The predicted octanol–water partition coefficient (Wildman–Crippen LogP) is 4.76. The van der Waals surface area contributed by atoms with E-state index in [4.69, 9.17) is 26.0 Å². The predicted molar refractivity (Wildman–Crippen MR) is 108 cm³/mol. The Hall–Kier alpha value is -3.51. The molecule has 5 rings (SSSR count). The molecule has 0 bridgehead atoms. The molecule has 2 aromatic carbocycles. The van der Waals surface area contributed by atoms with E-state index >= 15 is 0 Å². The summed E-state index contributed by atoms with van der Waals surface area (Å²) < 4.78 is 5.67. The lowest BCUT2D eigenvalue weighted by Gasteiger charge is -2.10. The van der Waals surface area contributed by atoms with Gasteiger partial charge < -0.3 is 9.40 Å². The van der Waals surface area contributed by atoms with Crippen molar-refractivity contribution in [1.29, 1.82) is 0 Å². The van der Waals surface area contributed by atoms with E-state index in [1.807, 2.05) is 36.4 Å². The zero-order valence-electron chi connectivity index (χ0n) is 14.7. The van der Waals surface area contributed by atoms with E-state index in [1.54, 1.807) is 19.1 Å². The molecule has 0 aliphatic carbocycles. The molecular formula is C21H13ClN4O2. The zero-order chi connectivity index (χ0) is 19.3. The van der Waals surface area contributed by atoms with Crippen LogP contribution in [0.1, 0.15) is 5.89 Å². The molecule has 28 heavy (non-hydrogen) atoms. The van der Waals surface area contributed by atoms with Gasteiger partial charge in [0.25, 0.3) is 0 Å². The number of nitrogens with zero attached hydrogens (tertiary/aromatic N) is 3. The summed E-state index contributed by atoms with van der Waals surface area (Å²) in [5, 5.41) is 0.478. The first-order chi connectivity index (χ1) is 13.6. The van der Waals surface area contributed by atoms with Gasteiger partial charge in [0.05, 0.1) is 16.4 Å². The summed E-state index contributed by atoms with van der Waals surface area (Å²) in [5.74, 6) is 0.541. The van der Waals surface area contributed by atoms with Gasteiger partial charge in [0.2, 0.25) is 5.56 Å². The Balaban J connectivity index is 1.85. The smallest absolute Gasteiger partial charge is 0.249 e. The number of oxazole rings is 1. The average molecular weight is 389 g/mol. The van der Waals surface area contributed by atoms with Crippen molar-refractivity contribution < 1.29 is 4.42 Å². The molecule has 3 heterocycles. The van der Waals surface area contributed by atoms with Crippen molar-refractivity contribution in [3.63, 3.8) is 0 Å². The highest BCUT2D eigenvalue weighted by atomic mass is 35.5. The molecule has 0 radical (unpaired) electrons. The van der Waals surface area contributed by atoms with Gasteiger partial charge in [0.1, 0.15) is 11.0 Å². The molecule has 0 amide bonds. The second-order valence-corrected chi connectivity index (χ2v) is 6.79. The molecule has 0 aliphatic rings. The molecular weight excluding hydrogens is 376 g/mol. The van der Waals surface area contributed by atoms with Gasteiger partial charge in [-0.05, 0) is 18.2 Å². The van der Waals surface area contributed by atoms with Crippen molar-refractivity contribution in [2.24, 2.45) is 0 Å². The van der Waals surface area contributed by atoms with Crippen molar-refractivity contribution in [3.8, 4) is 22.5 Å². The lowest BCUT2D eigenvalue weighted by atomic mass is 10.0. The molecule has 0 fully saturated rings. The highest BCUT2D eigenvalue weighted by molar-refractivity contribution is 6.35. The van der Waals surface area contributed by atoms with E-state index in [0.717, 1.165) is 11.1 Å². The van der Waals surface area contributed by atoms with E-state index in [0.29, 0.717) is 44.6 Å². The minimum Gasteiger partial charge on any atom is -0.441 e. The summed E-state index contributed by atoms with van der Waals surface area (Å²) in [7, 11) is 0. The van der Waals surface area contributed by atoms with Crippen LogP contribution in [-0.2, 0) is 0 Å². The second kappa shape index (κ2) is 6.28. The Morgan fingerprint density at radius 2 is 1.71 bits per heavy atom. The molecule has 0 unspecified atom stereocenters.